The third kappa shape index (κ3) is 11.7. The molecule has 3 fully saturated rings. The molecule has 3 rings (SSSR count). The lowest BCUT2D eigenvalue weighted by Gasteiger charge is -2.54. The van der Waals surface area contributed by atoms with Crippen molar-refractivity contribution in [2.75, 3.05) is 19.6 Å². The van der Waals surface area contributed by atoms with Crippen LogP contribution in [-0.2, 0) is 0 Å². The number of piperidine rings is 3. The number of unbranched alkanes of at least 4 members (excludes halogenated alkanes) is 3. The van der Waals surface area contributed by atoms with Gasteiger partial charge in [-0.15, -0.1) is 0 Å². The van der Waals surface area contributed by atoms with Crippen LogP contribution in [0.25, 0.3) is 0 Å². The summed E-state index contributed by atoms with van der Waals surface area (Å²) in [6.07, 6.45) is 11.8. The molecular weight excluding hydrogens is 673 g/mol. The maximum absolute atomic E-state index is 11.2. The first-order valence-electron chi connectivity index (χ1n) is 21.6. The number of nitrogens with one attached hydrogen (secondary N) is 1. The van der Waals surface area contributed by atoms with Crippen LogP contribution in [0.1, 0.15) is 188 Å². The van der Waals surface area contributed by atoms with E-state index in [1.807, 2.05) is 0 Å². The van der Waals surface area contributed by atoms with Crippen LogP contribution in [0.2, 0.25) is 0 Å². The molecule has 3 aliphatic heterocycles. The minimum absolute atomic E-state index is 0.0387. The molecule has 3 heterocycles. The van der Waals surface area contributed by atoms with Gasteiger partial charge in [-0.05, 0) is 148 Å². The Morgan fingerprint density at radius 3 is 1.30 bits per heavy atom. The average molecular weight is 759 g/mol. The number of amidine groups is 1. The van der Waals surface area contributed by atoms with Crippen molar-refractivity contribution in [2.24, 2.45) is 9.98 Å². The fourth-order valence-corrected chi connectivity index (χ4v) is 10.5. The van der Waals surface area contributed by atoms with Crippen molar-refractivity contribution in [3.8, 4) is 0 Å². The van der Waals surface area contributed by atoms with Gasteiger partial charge in [0.05, 0.1) is 0 Å². The van der Waals surface area contributed by atoms with E-state index < -0.39 is 0 Å². The van der Waals surface area contributed by atoms with Gasteiger partial charge in [-0.3, -0.25) is 0 Å². The van der Waals surface area contributed by atoms with Gasteiger partial charge >= 0.3 is 0 Å². The third-order valence-corrected chi connectivity index (χ3v) is 12.5. The molecule has 54 heavy (non-hydrogen) atoms. The zero-order chi connectivity index (χ0) is 41.1. The van der Waals surface area contributed by atoms with Gasteiger partial charge in [0.1, 0.15) is 11.7 Å². The Balaban J connectivity index is 2.24. The molecule has 0 spiro atoms. The van der Waals surface area contributed by atoms with Crippen LogP contribution in [0.5, 0.6) is 0 Å². The minimum Gasteiger partial charge on any atom is -0.357 e. The van der Waals surface area contributed by atoms with Gasteiger partial charge in [0, 0.05) is 71.0 Å². The number of nitrogens with zero attached hydrogens (tertiary/aromatic N) is 7. The van der Waals surface area contributed by atoms with Crippen molar-refractivity contribution in [3.05, 3.63) is 12.4 Å². The van der Waals surface area contributed by atoms with E-state index in [-0.39, 0.29) is 51.4 Å². The van der Waals surface area contributed by atoms with Gasteiger partial charge in [-0.25, -0.2) is 4.99 Å². The van der Waals surface area contributed by atoms with Gasteiger partial charge < -0.3 is 30.4 Å². The van der Waals surface area contributed by atoms with E-state index in [4.69, 9.17) is 16.6 Å². The van der Waals surface area contributed by atoms with Gasteiger partial charge in [-0.2, -0.15) is 15.1 Å². The van der Waals surface area contributed by atoms with E-state index in [1.165, 1.54) is 0 Å². The third-order valence-electron chi connectivity index (χ3n) is 12.5. The van der Waals surface area contributed by atoms with Crippen LogP contribution in [0, 0.1) is 0 Å². The van der Waals surface area contributed by atoms with Crippen molar-refractivity contribution >= 4 is 11.8 Å². The lowest BCUT2D eigenvalue weighted by Crippen LogP contribution is -2.63. The first kappa shape index (κ1) is 46.7. The number of hydrogen-bond acceptors (Lipinski definition) is 7. The summed E-state index contributed by atoms with van der Waals surface area (Å²) in [4.78, 5) is 18.7. The molecule has 3 N–H and O–H groups in total. The van der Waals surface area contributed by atoms with Crippen LogP contribution < -0.4 is 5.32 Å². The molecular formula is C44H86N8O2. The lowest BCUT2D eigenvalue weighted by molar-refractivity contribution is -0.251. The Morgan fingerprint density at radius 2 is 0.907 bits per heavy atom. The second-order valence-corrected chi connectivity index (χ2v) is 21.1. The van der Waals surface area contributed by atoms with Gasteiger partial charge in [-0.1, -0.05) is 46.6 Å². The molecule has 10 nitrogen and oxygen atoms in total. The Morgan fingerprint density at radius 1 is 0.574 bits per heavy atom. The predicted molar refractivity (Wildman–Crippen MR) is 228 cm³/mol. The van der Waals surface area contributed by atoms with E-state index in [2.05, 4.69) is 131 Å². The molecule has 314 valence electrons. The fraction of sp³-hybridized carbons (Fsp3) is 0.909. The summed E-state index contributed by atoms with van der Waals surface area (Å²) in [5.74, 6) is 2.52. The Kier molecular flexibility index (Phi) is 15.4. The topological polar surface area (TPSA) is 93.4 Å². The van der Waals surface area contributed by atoms with Crippen molar-refractivity contribution in [3.63, 3.8) is 0 Å². The highest BCUT2D eigenvalue weighted by molar-refractivity contribution is 5.95. The highest BCUT2D eigenvalue weighted by Crippen LogP contribution is 2.41. The predicted octanol–water partition coefficient (Wildman–Crippen LogP) is 9.67. The van der Waals surface area contributed by atoms with Crippen LogP contribution in [0.4, 0.5) is 0 Å². The van der Waals surface area contributed by atoms with Crippen molar-refractivity contribution in [2.45, 2.75) is 239 Å². The largest absolute Gasteiger partial charge is 0.357 e. The van der Waals surface area contributed by atoms with E-state index >= 15 is 0 Å². The second kappa shape index (κ2) is 17.8. The molecule has 0 aliphatic carbocycles. The monoisotopic (exact) mass is 759 g/mol. The normalized spacial score (nSPS) is 25.1. The number of guanidine groups is 1. The van der Waals surface area contributed by atoms with E-state index in [9.17, 15) is 10.4 Å². The van der Waals surface area contributed by atoms with E-state index in [0.717, 1.165) is 114 Å². The Hall–Kier alpha value is -1.72. The van der Waals surface area contributed by atoms with Gasteiger partial charge in [0.2, 0.25) is 5.96 Å². The zero-order valence-electron chi connectivity index (χ0n) is 38.1. The van der Waals surface area contributed by atoms with Gasteiger partial charge in [0.15, 0.2) is 0 Å². The van der Waals surface area contributed by atoms with E-state index in [0.29, 0.717) is 0 Å². The number of rotatable bonds is 14. The molecule has 0 aromatic rings. The van der Waals surface area contributed by atoms with E-state index in [1.54, 1.807) is 10.1 Å². The van der Waals surface area contributed by atoms with Crippen LogP contribution in [0.3, 0.4) is 0 Å². The molecule has 3 aliphatic rings. The Bertz CT molecular complexity index is 1250. The number of hydroxylamine groups is 4. The van der Waals surface area contributed by atoms with Crippen LogP contribution in [-0.4, -0.2) is 118 Å². The lowest BCUT2D eigenvalue weighted by atomic mass is 9.78. The molecule has 0 atom stereocenters. The molecule has 0 saturated carbocycles. The number of aliphatic imine (C=N–C) groups is 2. The highest BCUT2D eigenvalue weighted by Gasteiger charge is 2.48. The average Bonchev–Trinajstić information content (AvgIpc) is 3.01. The molecule has 0 bridgehead atoms. The molecule has 10 heteroatoms. The standard InChI is InChI=1S/C44H86N8O2/c1-18-21-24-48(36-29-41(10,11)51(53)42(12,13)30-36)33(4)45-38(50(26-23-20-3)35-27-39(6,7)47-40(8,9)28-35)46-34(5)49(25-22-19-2)37-31-43(14,15)52(54)44(16,17)32-37/h35-37,47,53-54H,4,18-32H2,1-3,5-17H3/b45-38+,46-34+. The quantitative estimate of drug-likeness (QED) is 0.119. The molecule has 0 aromatic carbocycles. The van der Waals surface area contributed by atoms with Gasteiger partial charge in [0.25, 0.3) is 0 Å². The SMILES string of the molecule is C=C(/N=C(\N=C(/C)N(CCCC)C1CC(C)(C)N(O)C(C)(C)C1)N(CCCC)C1CC(C)(C)NC(C)(C)C1)N(CCCC)C1CC(C)(C)N(O)C(C)(C)C1. The maximum Gasteiger partial charge on any atom is 0.229 e. The molecule has 0 aromatic heterocycles. The molecule has 0 radical (unpaired) electrons. The second-order valence-electron chi connectivity index (χ2n) is 21.1. The van der Waals surface area contributed by atoms with Crippen LogP contribution >= 0.6 is 0 Å². The summed E-state index contributed by atoms with van der Waals surface area (Å²) < 4.78 is 0. The van der Waals surface area contributed by atoms with Crippen molar-refractivity contribution < 1.29 is 10.4 Å². The molecule has 3 saturated heterocycles. The number of hydrogen-bond donors (Lipinski definition) is 3. The van der Waals surface area contributed by atoms with Crippen molar-refractivity contribution in [1.82, 2.24) is 30.1 Å². The molecule has 0 amide bonds. The highest BCUT2D eigenvalue weighted by atomic mass is 16.5. The summed E-state index contributed by atoms with van der Waals surface area (Å²) >= 11 is 0. The summed E-state index contributed by atoms with van der Waals surface area (Å²) in [5, 5.41) is 29.5. The summed E-state index contributed by atoms with van der Waals surface area (Å²) in [5.41, 5.74) is -1.58. The molecule has 0 unspecified atom stereocenters. The fourth-order valence-electron chi connectivity index (χ4n) is 10.5. The Labute approximate surface area is 332 Å². The van der Waals surface area contributed by atoms with Crippen LogP contribution in [0.15, 0.2) is 22.4 Å². The first-order chi connectivity index (χ1) is 24.7. The smallest absolute Gasteiger partial charge is 0.229 e. The minimum atomic E-state index is -0.386. The summed E-state index contributed by atoms with van der Waals surface area (Å²) in [6.45, 7) is 42.9. The summed E-state index contributed by atoms with van der Waals surface area (Å²) in [7, 11) is 0. The first-order valence-corrected chi connectivity index (χ1v) is 21.6. The maximum atomic E-state index is 11.2. The zero-order valence-corrected chi connectivity index (χ0v) is 38.1. The summed E-state index contributed by atoms with van der Waals surface area (Å²) in [6, 6.07) is 0.667. The van der Waals surface area contributed by atoms with Crippen molar-refractivity contribution in [1.29, 1.82) is 0 Å².